The molecule has 1 unspecified atom stereocenters. The van der Waals surface area contributed by atoms with Crippen molar-refractivity contribution in [3.8, 4) is 0 Å². The lowest BCUT2D eigenvalue weighted by molar-refractivity contribution is -0.431. The van der Waals surface area contributed by atoms with E-state index >= 15 is 0 Å². The molecule has 0 radical (unpaired) electrons. The van der Waals surface area contributed by atoms with Crippen molar-refractivity contribution >= 4 is 28.7 Å². The molecule has 0 aliphatic heterocycles. The van der Waals surface area contributed by atoms with Crippen molar-refractivity contribution < 1.29 is 32.7 Å². The topological polar surface area (TPSA) is 146 Å². The molecule has 0 N–H and O–H groups in total. The summed E-state index contributed by atoms with van der Waals surface area (Å²) in [6.07, 6.45) is -3.38. The van der Waals surface area contributed by atoms with Crippen LogP contribution in [0.1, 0.15) is 22.3 Å². The maximum Gasteiger partial charge on any atom is 0.416 e. The smallest absolute Gasteiger partial charge is 0.286 e. The van der Waals surface area contributed by atoms with E-state index in [2.05, 4.69) is 0 Å². The van der Waals surface area contributed by atoms with Crippen molar-refractivity contribution in [2.45, 2.75) is 6.18 Å². The number of hydrogen-bond acceptors (Lipinski definition) is 7. The Balaban J connectivity index is 2.09. The third-order valence-electron chi connectivity index (χ3n) is 5.45. The zero-order valence-corrected chi connectivity index (χ0v) is 16.6. The van der Waals surface area contributed by atoms with E-state index in [-0.39, 0.29) is 22.3 Å². The zero-order valence-electron chi connectivity index (χ0n) is 16.6. The predicted molar refractivity (Wildman–Crippen MR) is 110 cm³/mol. The number of carbonyl (C=O) groups excluding carboxylic acids is 1. The van der Waals surface area contributed by atoms with Gasteiger partial charge in [-0.05, 0) is 40.5 Å². The molecule has 0 bridgehead atoms. The van der Waals surface area contributed by atoms with E-state index in [1.54, 1.807) is 0 Å². The van der Waals surface area contributed by atoms with Crippen LogP contribution in [0.2, 0.25) is 0 Å². The third kappa shape index (κ3) is 3.52. The van der Waals surface area contributed by atoms with Crippen LogP contribution in [0.3, 0.4) is 0 Å². The summed E-state index contributed by atoms with van der Waals surface area (Å²) in [5, 5.41) is 34.4. The Kier molecular flexibility index (Phi) is 5.11. The largest absolute Gasteiger partial charge is 0.416 e. The van der Waals surface area contributed by atoms with Gasteiger partial charge in [-0.15, -0.1) is 0 Å². The van der Waals surface area contributed by atoms with Crippen LogP contribution in [-0.2, 0) is 11.0 Å². The molecule has 2 aromatic carbocycles. The fraction of sp³-hybridized carbons (Fsp3) is 0.0952. The summed E-state index contributed by atoms with van der Waals surface area (Å²) < 4.78 is 40.7. The highest BCUT2D eigenvalue weighted by Gasteiger charge is 2.50. The number of nitro groups is 3. The number of halogens is 3. The Hall–Kier alpha value is -4.68. The van der Waals surface area contributed by atoms with Gasteiger partial charge in [-0.3, -0.25) is 35.1 Å². The summed E-state index contributed by atoms with van der Waals surface area (Å²) in [5.74, 6) is -2.87. The molecule has 2 aliphatic rings. The van der Waals surface area contributed by atoms with Crippen LogP contribution in [0.5, 0.6) is 0 Å². The number of ketones is 1. The van der Waals surface area contributed by atoms with Crippen LogP contribution in [0.25, 0.3) is 17.2 Å². The molecule has 0 fully saturated rings. The van der Waals surface area contributed by atoms with Crippen LogP contribution >= 0.6 is 0 Å². The van der Waals surface area contributed by atoms with Crippen molar-refractivity contribution in [1.29, 1.82) is 0 Å². The molecular weight excluding hydrogens is 463 g/mol. The van der Waals surface area contributed by atoms with E-state index in [0.717, 1.165) is 42.5 Å². The molecule has 13 heteroatoms. The first-order chi connectivity index (χ1) is 15.9. The van der Waals surface area contributed by atoms with Gasteiger partial charge in [0.2, 0.25) is 5.78 Å². The highest BCUT2D eigenvalue weighted by molar-refractivity contribution is 6.20. The van der Waals surface area contributed by atoms with Crippen molar-refractivity contribution in [2.24, 2.45) is 5.92 Å². The van der Waals surface area contributed by atoms with Gasteiger partial charge >= 0.3 is 11.9 Å². The molecule has 2 aliphatic carbocycles. The van der Waals surface area contributed by atoms with Crippen LogP contribution in [0.4, 0.5) is 18.9 Å². The first-order valence-electron chi connectivity index (χ1n) is 9.37. The lowest BCUT2D eigenvalue weighted by Crippen LogP contribution is -2.26. The van der Waals surface area contributed by atoms with E-state index in [1.165, 1.54) is 6.07 Å². The van der Waals surface area contributed by atoms with Gasteiger partial charge < -0.3 is 0 Å². The van der Waals surface area contributed by atoms with Gasteiger partial charge in [0.25, 0.3) is 11.4 Å². The number of non-ortho nitro benzene ring substituents is 1. The molecule has 1 atom stereocenters. The number of rotatable bonds is 4. The molecule has 0 aromatic heterocycles. The van der Waals surface area contributed by atoms with Gasteiger partial charge in [0.05, 0.1) is 37.9 Å². The fourth-order valence-corrected chi connectivity index (χ4v) is 4.07. The molecule has 0 heterocycles. The van der Waals surface area contributed by atoms with E-state index in [0.29, 0.717) is 6.08 Å². The second-order valence-corrected chi connectivity index (χ2v) is 7.31. The fourth-order valence-electron chi connectivity index (χ4n) is 4.07. The SMILES string of the molecule is O=C1C([N+](=O)[O-])=CC([N+](=O)[O-])=C2c3ccc([N+](=O)[O-])cc3C(=Cc3ccccc3C(F)(F)F)C12. The van der Waals surface area contributed by atoms with Crippen molar-refractivity contribution in [3.05, 3.63) is 113 Å². The first kappa shape index (κ1) is 22.5. The van der Waals surface area contributed by atoms with E-state index in [4.69, 9.17) is 0 Å². The quantitative estimate of drug-likeness (QED) is 0.469. The summed E-state index contributed by atoms with van der Waals surface area (Å²) in [4.78, 5) is 44.6. The second kappa shape index (κ2) is 7.72. The Morgan fingerprint density at radius 2 is 1.56 bits per heavy atom. The number of fused-ring (bicyclic) bond motifs is 3. The Morgan fingerprint density at radius 1 is 0.882 bits per heavy atom. The maximum atomic E-state index is 13.6. The lowest BCUT2D eigenvalue weighted by atomic mass is 9.84. The molecule has 0 saturated heterocycles. The number of Topliss-reactive ketones (excluding diaryl/α,β-unsaturated/α-hetero) is 1. The van der Waals surface area contributed by atoms with Crippen LogP contribution in [0.15, 0.2) is 59.9 Å². The van der Waals surface area contributed by atoms with E-state index in [1.807, 2.05) is 0 Å². The minimum absolute atomic E-state index is 0.00922. The second-order valence-electron chi connectivity index (χ2n) is 7.31. The number of benzene rings is 2. The number of nitro benzene ring substituents is 1. The van der Waals surface area contributed by atoms with Crippen molar-refractivity contribution in [2.75, 3.05) is 0 Å². The molecule has 0 saturated carbocycles. The normalized spacial score (nSPS) is 18.4. The average molecular weight is 473 g/mol. The van der Waals surface area contributed by atoms with E-state index < -0.39 is 60.9 Å². The van der Waals surface area contributed by atoms with Crippen LogP contribution in [-0.4, -0.2) is 20.6 Å². The van der Waals surface area contributed by atoms with Gasteiger partial charge in [0, 0.05) is 12.1 Å². The van der Waals surface area contributed by atoms with Gasteiger partial charge in [0.15, 0.2) is 0 Å². The number of carbonyl (C=O) groups is 1. The van der Waals surface area contributed by atoms with E-state index in [9.17, 15) is 48.3 Å². The molecule has 172 valence electrons. The number of alkyl halides is 3. The maximum absolute atomic E-state index is 13.6. The monoisotopic (exact) mass is 473 g/mol. The predicted octanol–water partition coefficient (Wildman–Crippen LogP) is 4.52. The van der Waals surface area contributed by atoms with Crippen LogP contribution in [0, 0.1) is 36.3 Å². The van der Waals surface area contributed by atoms with Crippen LogP contribution < -0.4 is 0 Å². The van der Waals surface area contributed by atoms with Crippen molar-refractivity contribution in [3.63, 3.8) is 0 Å². The minimum atomic E-state index is -4.80. The Labute approximate surface area is 186 Å². The molecule has 4 rings (SSSR count). The summed E-state index contributed by atoms with van der Waals surface area (Å²) >= 11 is 0. The highest BCUT2D eigenvalue weighted by atomic mass is 19.4. The summed E-state index contributed by atoms with van der Waals surface area (Å²) in [6, 6.07) is 7.40. The molecule has 2 aromatic rings. The lowest BCUT2D eigenvalue weighted by Gasteiger charge is -2.16. The van der Waals surface area contributed by atoms with Gasteiger partial charge in [-0.2, -0.15) is 13.2 Å². The molecular formula is C21H10F3N3O7. The Bertz CT molecular complexity index is 1410. The number of hydrogen-bond donors (Lipinski definition) is 0. The van der Waals surface area contributed by atoms with Gasteiger partial charge in [-0.1, -0.05) is 18.2 Å². The molecule has 10 nitrogen and oxygen atoms in total. The Morgan fingerprint density at radius 3 is 2.15 bits per heavy atom. The van der Waals surface area contributed by atoms with Gasteiger partial charge in [-0.25, -0.2) is 0 Å². The van der Waals surface area contributed by atoms with Gasteiger partial charge in [0.1, 0.15) is 0 Å². The zero-order chi connectivity index (χ0) is 24.9. The molecule has 34 heavy (non-hydrogen) atoms. The molecule has 0 spiro atoms. The average Bonchev–Trinajstić information content (AvgIpc) is 3.07. The number of allylic oxidation sites excluding steroid dienone is 4. The highest BCUT2D eigenvalue weighted by Crippen LogP contribution is 2.52. The summed E-state index contributed by atoms with van der Waals surface area (Å²) in [5.41, 5.74) is -4.53. The number of nitrogens with zero attached hydrogens (tertiary/aromatic N) is 3. The first-order valence-corrected chi connectivity index (χ1v) is 9.37. The third-order valence-corrected chi connectivity index (χ3v) is 5.45. The summed E-state index contributed by atoms with van der Waals surface area (Å²) in [7, 11) is 0. The molecule has 0 amide bonds. The van der Waals surface area contributed by atoms with Crippen molar-refractivity contribution in [1.82, 2.24) is 0 Å². The minimum Gasteiger partial charge on any atom is -0.286 e. The standard InChI is InChI=1S/C21H10F3N3O7/c22-21(23,24)15-4-2-1-3-10(15)7-14-13-8-11(25(29)30)5-6-12(13)18-16(26(31)32)9-17(27(33)34)20(28)19(14)18/h1-9,19H. The summed E-state index contributed by atoms with van der Waals surface area (Å²) in [6.45, 7) is 0.